The largest absolute Gasteiger partial charge is 0.330 e. The molecular weight excluding hydrogens is 284 g/mol. The van der Waals surface area contributed by atoms with Crippen LogP contribution in [0.15, 0.2) is 29.2 Å². The van der Waals surface area contributed by atoms with Crippen LogP contribution < -0.4 is 5.73 Å². The van der Waals surface area contributed by atoms with Crippen molar-refractivity contribution >= 4 is 21.4 Å². The summed E-state index contributed by atoms with van der Waals surface area (Å²) in [5, 5.41) is 0.546. The van der Waals surface area contributed by atoms with Crippen molar-refractivity contribution in [2.45, 2.75) is 11.3 Å². The summed E-state index contributed by atoms with van der Waals surface area (Å²) in [4.78, 5) is 2.51. The predicted octanol–water partition coefficient (Wildman–Crippen LogP) is 1.39. The Balaban J connectivity index is 1.93. The van der Waals surface area contributed by atoms with Crippen LogP contribution in [0, 0.1) is 5.92 Å². The first-order chi connectivity index (χ1) is 9.01. The van der Waals surface area contributed by atoms with E-state index in [0.717, 1.165) is 19.5 Å². The molecule has 1 aliphatic rings. The molecule has 1 unspecified atom stereocenters. The van der Waals surface area contributed by atoms with Crippen LogP contribution in [0.25, 0.3) is 0 Å². The highest BCUT2D eigenvalue weighted by Gasteiger charge is 2.23. The van der Waals surface area contributed by atoms with Crippen molar-refractivity contribution < 1.29 is 8.42 Å². The van der Waals surface area contributed by atoms with E-state index >= 15 is 0 Å². The van der Waals surface area contributed by atoms with Crippen molar-refractivity contribution in [2.75, 3.05) is 31.9 Å². The standard InChI is InChI=1S/C13H19ClN2O2S/c14-12-1-3-13(4-2-12)19(17,18)8-7-16-6-5-11(9-15)10-16/h1-4,11H,5-10,15H2. The van der Waals surface area contributed by atoms with Crippen molar-refractivity contribution in [3.8, 4) is 0 Å². The van der Waals surface area contributed by atoms with E-state index in [-0.39, 0.29) is 5.75 Å². The third kappa shape index (κ3) is 3.92. The summed E-state index contributed by atoms with van der Waals surface area (Å²) in [7, 11) is -3.22. The van der Waals surface area contributed by atoms with Crippen LogP contribution in [0.2, 0.25) is 5.02 Å². The van der Waals surface area contributed by atoms with Gasteiger partial charge in [0.1, 0.15) is 0 Å². The number of likely N-dealkylation sites (tertiary alicyclic amines) is 1. The molecule has 0 bridgehead atoms. The van der Waals surface area contributed by atoms with E-state index in [1.54, 1.807) is 24.3 Å². The van der Waals surface area contributed by atoms with Crippen LogP contribution in [0.1, 0.15) is 6.42 Å². The molecule has 1 heterocycles. The Labute approximate surface area is 119 Å². The summed E-state index contributed by atoms with van der Waals surface area (Å²) in [6.45, 7) is 3.10. The van der Waals surface area contributed by atoms with Gasteiger partial charge in [-0.1, -0.05) is 11.6 Å². The second kappa shape index (κ2) is 6.22. The topological polar surface area (TPSA) is 63.4 Å². The van der Waals surface area contributed by atoms with Gasteiger partial charge < -0.3 is 10.6 Å². The normalized spacial score (nSPS) is 20.8. The molecule has 2 N–H and O–H groups in total. The zero-order chi connectivity index (χ0) is 13.9. The van der Waals surface area contributed by atoms with Crippen LogP contribution in [0.5, 0.6) is 0 Å². The average Bonchev–Trinajstić information content (AvgIpc) is 2.85. The summed E-state index contributed by atoms with van der Waals surface area (Å²) in [6, 6.07) is 6.33. The molecule has 106 valence electrons. The van der Waals surface area contributed by atoms with Gasteiger partial charge >= 0.3 is 0 Å². The van der Waals surface area contributed by atoms with E-state index in [1.165, 1.54) is 0 Å². The predicted molar refractivity (Wildman–Crippen MR) is 77.1 cm³/mol. The van der Waals surface area contributed by atoms with Crippen molar-refractivity contribution in [1.82, 2.24) is 4.90 Å². The monoisotopic (exact) mass is 302 g/mol. The summed E-state index contributed by atoms with van der Waals surface area (Å²) in [5.74, 6) is 0.657. The van der Waals surface area contributed by atoms with Crippen molar-refractivity contribution in [3.63, 3.8) is 0 Å². The Morgan fingerprint density at radius 1 is 1.32 bits per heavy atom. The molecule has 19 heavy (non-hydrogen) atoms. The second-order valence-electron chi connectivity index (χ2n) is 4.96. The third-order valence-electron chi connectivity index (χ3n) is 3.55. The lowest BCUT2D eigenvalue weighted by Crippen LogP contribution is -2.28. The number of hydrogen-bond donors (Lipinski definition) is 1. The Hall–Kier alpha value is -0.620. The van der Waals surface area contributed by atoms with E-state index in [1.807, 2.05) is 0 Å². The molecule has 1 atom stereocenters. The number of nitrogens with zero attached hydrogens (tertiary/aromatic N) is 1. The Morgan fingerprint density at radius 3 is 2.58 bits per heavy atom. The van der Waals surface area contributed by atoms with Crippen molar-refractivity contribution in [1.29, 1.82) is 0 Å². The van der Waals surface area contributed by atoms with Crippen molar-refractivity contribution in [2.24, 2.45) is 11.7 Å². The molecule has 4 nitrogen and oxygen atoms in total. The molecule has 0 radical (unpaired) electrons. The molecule has 1 saturated heterocycles. The number of halogens is 1. The fourth-order valence-corrected chi connectivity index (χ4v) is 3.73. The maximum absolute atomic E-state index is 12.2. The maximum Gasteiger partial charge on any atom is 0.179 e. The maximum atomic E-state index is 12.2. The quantitative estimate of drug-likeness (QED) is 0.893. The lowest BCUT2D eigenvalue weighted by atomic mass is 10.1. The van der Waals surface area contributed by atoms with Crippen LogP contribution in [0.3, 0.4) is 0 Å². The van der Waals surface area contributed by atoms with Crippen LogP contribution in [-0.2, 0) is 9.84 Å². The van der Waals surface area contributed by atoms with Crippen LogP contribution in [0.4, 0.5) is 0 Å². The molecule has 0 saturated carbocycles. The van der Waals surface area contributed by atoms with Gasteiger partial charge in [-0.25, -0.2) is 8.42 Å². The van der Waals surface area contributed by atoms with E-state index < -0.39 is 9.84 Å². The Kier molecular flexibility index (Phi) is 4.84. The van der Waals surface area contributed by atoms with E-state index in [0.29, 0.717) is 28.9 Å². The molecule has 2 rings (SSSR count). The first-order valence-electron chi connectivity index (χ1n) is 6.42. The highest BCUT2D eigenvalue weighted by atomic mass is 35.5. The molecule has 0 amide bonds. The number of benzene rings is 1. The first-order valence-corrected chi connectivity index (χ1v) is 8.45. The van der Waals surface area contributed by atoms with Gasteiger partial charge in [0.05, 0.1) is 10.6 Å². The molecule has 0 aromatic heterocycles. The zero-order valence-electron chi connectivity index (χ0n) is 10.8. The summed E-state index contributed by atoms with van der Waals surface area (Å²) in [6.07, 6.45) is 1.07. The fourth-order valence-electron chi connectivity index (χ4n) is 2.32. The molecule has 6 heteroatoms. The summed E-state index contributed by atoms with van der Waals surface area (Å²) < 4.78 is 24.3. The second-order valence-corrected chi connectivity index (χ2v) is 7.51. The highest BCUT2D eigenvalue weighted by Crippen LogP contribution is 2.18. The molecule has 1 fully saturated rings. The third-order valence-corrected chi connectivity index (χ3v) is 5.51. The van der Waals surface area contributed by atoms with Gasteiger partial charge in [0, 0.05) is 18.1 Å². The van der Waals surface area contributed by atoms with Gasteiger partial charge in [0.2, 0.25) is 0 Å². The summed E-state index contributed by atoms with van der Waals surface area (Å²) in [5.41, 5.74) is 5.63. The first kappa shape index (κ1) is 14.8. The molecule has 1 aromatic carbocycles. The Bertz CT molecular complexity index is 516. The minimum absolute atomic E-state index is 0.145. The molecule has 0 spiro atoms. The highest BCUT2D eigenvalue weighted by molar-refractivity contribution is 7.91. The van der Waals surface area contributed by atoms with Gasteiger partial charge in [0.15, 0.2) is 9.84 Å². The van der Waals surface area contributed by atoms with Crippen LogP contribution >= 0.6 is 11.6 Å². The smallest absolute Gasteiger partial charge is 0.179 e. The Morgan fingerprint density at radius 2 is 2.00 bits per heavy atom. The number of hydrogen-bond acceptors (Lipinski definition) is 4. The van der Waals surface area contributed by atoms with Gasteiger partial charge in [-0.15, -0.1) is 0 Å². The van der Waals surface area contributed by atoms with Gasteiger partial charge in [-0.3, -0.25) is 0 Å². The van der Waals surface area contributed by atoms with Gasteiger partial charge in [0.25, 0.3) is 0 Å². The lowest BCUT2D eigenvalue weighted by Gasteiger charge is -2.15. The molecule has 1 aromatic rings. The van der Waals surface area contributed by atoms with E-state index in [9.17, 15) is 8.42 Å². The SMILES string of the molecule is NCC1CCN(CCS(=O)(=O)c2ccc(Cl)cc2)C1. The minimum Gasteiger partial charge on any atom is -0.330 e. The number of rotatable bonds is 5. The zero-order valence-corrected chi connectivity index (χ0v) is 12.3. The van der Waals surface area contributed by atoms with Crippen molar-refractivity contribution in [3.05, 3.63) is 29.3 Å². The molecule has 1 aliphatic heterocycles. The number of sulfone groups is 1. The minimum atomic E-state index is -3.22. The molecular formula is C13H19ClN2O2S. The van der Waals surface area contributed by atoms with E-state index in [4.69, 9.17) is 17.3 Å². The molecule has 0 aliphatic carbocycles. The van der Waals surface area contributed by atoms with Crippen LogP contribution in [-0.4, -0.2) is 45.2 Å². The van der Waals surface area contributed by atoms with E-state index in [2.05, 4.69) is 4.90 Å². The van der Waals surface area contributed by atoms with Gasteiger partial charge in [-0.05, 0) is 49.7 Å². The lowest BCUT2D eigenvalue weighted by molar-refractivity contribution is 0.344. The van der Waals surface area contributed by atoms with Gasteiger partial charge in [-0.2, -0.15) is 0 Å². The average molecular weight is 303 g/mol. The number of nitrogens with two attached hydrogens (primary N) is 1. The fraction of sp³-hybridized carbons (Fsp3) is 0.538. The summed E-state index contributed by atoms with van der Waals surface area (Å²) >= 11 is 5.76.